The van der Waals surface area contributed by atoms with Crippen LogP contribution in [-0.4, -0.2) is 31.5 Å². The first-order chi connectivity index (χ1) is 15.0. The summed E-state index contributed by atoms with van der Waals surface area (Å²) in [6, 6.07) is 16.6. The molecule has 1 heterocycles. The van der Waals surface area contributed by atoms with Gasteiger partial charge in [-0.05, 0) is 66.7 Å². The maximum atomic E-state index is 12.3. The van der Waals surface area contributed by atoms with Gasteiger partial charge in [-0.1, -0.05) is 0 Å². The monoisotopic (exact) mass is 420 g/mol. The normalized spacial score (nSPS) is 10.5. The largest absolute Gasteiger partial charge is 0.497 e. The fraction of sp³-hybridized carbons (Fsp3) is 0.0870. The third kappa shape index (κ3) is 6.60. The van der Waals surface area contributed by atoms with Crippen molar-refractivity contribution in [2.45, 2.75) is 0 Å². The van der Waals surface area contributed by atoms with Gasteiger partial charge in [0.05, 0.1) is 13.4 Å². The van der Waals surface area contributed by atoms with Crippen LogP contribution in [-0.2, 0) is 14.3 Å². The molecule has 8 nitrogen and oxygen atoms in total. The van der Waals surface area contributed by atoms with E-state index in [-0.39, 0.29) is 5.91 Å². The molecule has 8 heteroatoms. The zero-order chi connectivity index (χ0) is 22.1. The van der Waals surface area contributed by atoms with E-state index in [1.165, 1.54) is 18.4 Å². The van der Waals surface area contributed by atoms with Gasteiger partial charge < -0.3 is 24.5 Å². The van der Waals surface area contributed by atoms with Crippen molar-refractivity contribution in [1.82, 2.24) is 0 Å². The zero-order valence-corrected chi connectivity index (χ0v) is 16.7. The summed E-state index contributed by atoms with van der Waals surface area (Å²) in [6.45, 7) is -0.443. The van der Waals surface area contributed by atoms with Crippen LogP contribution in [0.2, 0.25) is 0 Å². The van der Waals surface area contributed by atoms with Gasteiger partial charge in [0.2, 0.25) is 0 Å². The van der Waals surface area contributed by atoms with Gasteiger partial charge in [-0.25, -0.2) is 4.79 Å². The predicted molar refractivity (Wildman–Crippen MR) is 115 cm³/mol. The van der Waals surface area contributed by atoms with E-state index in [1.54, 1.807) is 67.8 Å². The highest BCUT2D eigenvalue weighted by Crippen LogP contribution is 2.17. The number of anilines is 2. The number of esters is 1. The molecule has 0 bridgehead atoms. The number of rotatable bonds is 8. The number of benzene rings is 2. The van der Waals surface area contributed by atoms with Crippen molar-refractivity contribution in [3.05, 3.63) is 84.3 Å². The Kier molecular flexibility index (Phi) is 7.21. The summed E-state index contributed by atoms with van der Waals surface area (Å²) in [5.74, 6) is -0.276. The molecule has 3 aromatic rings. The molecule has 0 unspecified atom stereocenters. The molecule has 0 aliphatic heterocycles. The third-order valence-electron chi connectivity index (χ3n) is 4.05. The maximum absolute atomic E-state index is 12.3. The molecular formula is C23H20N2O6. The van der Waals surface area contributed by atoms with Gasteiger partial charge in [0.1, 0.15) is 11.5 Å². The number of ether oxygens (including phenoxy) is 2. The molecule has 2 amide bonds. The van der Waals surface area contributed by atoms with Crippen molar-refractivity contribution in [2.24, 2.45) is 0 Å². The molecule has 0 aliphatic carbocycles. The number of hydrogen-bond acceptors (Lipinski definition) is 6. The van der Waals surface area contributed by atoms with Crippen LogP contribution in [0.15, 0.2) is 77.4 Å². The van der Waals surface area contributed by atoms with E-state index < -0.39 is 18.5 Å². The minimum Gasteiger partial charge on any atom is -0.497 e. The average Bonchev–Trinajstić information content (AvgIpc) is 3.31. The third-order valence-corrected chi connectivity index (χ3v) is 4.05. The number of nitrogens with one attached hydrogen (secondary N) is 2. The zero-order valence-electron chi connectivity index (χ0n) is 16.7. The van der Waals surface area contributed by atoms with Gasteiger partial charge in [-0.3, -0.25) is 9.59 Å². The minimum absolute atomic E-state index is 0.291. The molecule has 2 aromatic carbocycles. The average molecular weight is 420 g/mol. The molecule has 3 rings (SSSR count). The van der Waals surface area contributed by atoms with E-state index in [1.807, 2.05) is 0 Å². The summed E-state index contributed by atoms with van der Waals surface area (Å²) in [6.07, 6.45) is 4.09. The standard InChI is InChI=1S/C23H20N2O6/c1-29-19-10-8-18(9-11-19)25-23(28)16-4-6-17(7-5-16)24-21(26)15-31-22(27)13-12-20-3-2-14-30-20/h2-14H,15H2,1H3,(H,24,26)(H,25,28). The Hall–Kier alpha value is -4.33. The minimum atomic E-state index is -0.669. The van der Waals surface area contributed by atoms with Crippen molar-refractivity contribution in [1.29, 1.82) is 0 Å². The van der Waals surface area contributed by atoms with E-state index in [0.29, 0.717) is 28.4 Å². The Bertz CT molecular complexity index is 1050. The van der Waals surface area contributed by atoms with Crippen molar-refractivity contribution < 1.29 is 28.3 Å². The van der Waals surface area contributed by atoms with Gasteiger partial charge in [0.15, 0.2) is 6.61 Å². The van der Waals surface area contributed by atoms with Gasteiger partial charge >= 0.3 is 5.97 Å². The number of carbonyl (C=O) groups excluding carboxylic acids is 3. The molecule has 0 saturated carbocycles. The first-order valence-corrected chi connectivity index (χ1v) is 9.27. The number of amides is 2. The summed E-state index contributed by atoms with van der Waals surface area (Å²) in [4.78, 5) is 35.9. The van der Waals surface area contributed by atoms with Crippen LogP contribution in [0.3, 0.4) is 0 Å². The van der Waals surface area contributed by atoms with Crippen LogP contribution in [0.4, 0.5) is 11.4 Å². The molecule has 0 spiro atoms. The lowest BCUT2D eigenvalue weighted by Gasteiger charge is -2.08. The van der Waals surface area contributed by atoms with Crippen LogP contribution in [0, 0.1) is 0 Å². The Morgan fingerprint density at radius 2 is 1.61 bits per heavy atom. The Balaban J connectivity index is 1.46. The molecule has 158 valence electrons. The van der Waals surface area contributed by atoms with E-state index in [9.17, 15) is 14.4 Å². The Labute approximate surface area is 178 Å². The van der Waals surface area contributed by atoms with Crippen molar-refractivity contribution in [3.63, 3.8) is 0 Å². The second-order valence-corrected chi connectivity index (χ2v) is 6.26. The highest BCUT2D eigenvalue weighted by atomic mass is 16.5. The van der Waals surface area contributed by atoms with E-state index >= 15 is 0 Å². The van der Waals surface area contributed by atoms with Gasteiger partial charge in [-0.2, -0.15) is 0 Å². The fourth-order valence-corrected chi connectivity index (χ4v) is 2.50. The highest BCUT2D eigenvalue weighted by Gasteiger charge is 2.09. The molecule has 2 N–H and O–H groups in total. The second kappa shape index (κ2) is 10.4. The van der Waals surface area contributed by atoms with Crippen LogP contribution in [0.1, 0.15) is 16.1 Å². The second-order valence-electron chi connectivity index (χ2n) is 6.26. The van der Waals surface area contributed by atoms with Gasteiger partial charge in [0.25, 0.3) is 11.8 Å². The van der Waals surface area contributed by atoms with Crippen molar-refractivity contribution in [2.75, 3.05) is 24.4 Å². The number of hydrogen-bond donors (Lipinski definition) is 2. The molecule has 0 atom stereocenters. The lowest BCUT2D eigenvalue weighted by molar-refractivity contribution is -0.142. The van der Waals surface area contributed by atoms with Crippen LogP contribution >= 0.6 is 0 Å². The maximum Gasteiger partial charge on any atom is 0.331 e. The summed E-state index contributed by atoms with van der Waals surface area (Å²) >= 11 is 0. The first-order valence-electron chi connectivity index (χ1n) is 9.27. The smallest absolute Gasteiger partial charge is 0.331 e. The summed E-state index contributed by atoms with van der Waals surface area (Å²) in [7, 11) is 1.57. The molecule has 1 aromatic heterocycles. The van der Waals surface area contributed by atoms with Crippen LogP contribution < -0.4 is 15.4 Å². The lowest BCUT2D eigenvalue weighted by Crippen LogP contribution is -2.20. The molecule has 0 radical (unpaired) electrons. The molecule has 31 heavy (non-hydrogen) atoms. The Morgan fingerprint density at radius 3 is 2.26 bits per heavy atom. The van der Waals surface area contributed by atoms with E-state index in [2.05, 4.69) is 10.6 Å². The van der Waals surface area contributed by atoms with Gasteiger partial charge in [0, 0.05) is 23.0 Å². The van der Waals surface area contributed by atoms with Crippen LogP contribution in [0.5, 0.6) is 5.75 Å². The Morgan fingerprint density at radius 1 is 0.935 bits per heavy atom. The van der Waals surface area contributed by atoms with E-state index in [0.717, 1.165) is 0 Å². The fourth-order valence-electron chi connectivity index (χ4n) is 2.50. The van der Waals surface area contributed by atoms with Gasteiger partial charge in [-0.15, -0.1) is 0 Å². The number of methoxy groups -OCH3 is 1. The number of furan rings is 1. The summed E-state index contributed by atoms with van der Waals surface area (Å²) in [5, 5.41) is 5.36. The summed E-state index contributed by atoms with van der Waals surface area (Å²) < 4.78 is 15.0. The van der Waals surface area contributed by atoms with Crippen molar-refractivity contribution in [3.8, 4) is 5.75 Å². The summed E-state index contributed by atoms with van der Waals surface area (Å²) in [5.41, 5.74) is 1.52. The molecular weight excluding hydrogens is 400 g/mol. The molecule has 0 saturated heterocycles. The topological polar surface area (TPSA) is 107 Å². The molecule has 0 aliphatic rings. The molecule has 0 fully saturated rings. The number of carbonyl (C=O) groups is 3. The SMILES string of the molecule is COc1ccc(NC(=O)c2ccc(NC(=O)COC(=O)C=Cc3ccco3)cc2)cc1. The lowest BCUT2D eigenvalue weighted by atomic mass is 10.2. The predicted octanol–water partition coefficient (Wildman–Crippen LogP) is 3.74. The van der Waals surface area contributed by atoms with Crippen molar-refractivity contribution >= 4 is 35.2 Å². The van der Waals surface area contributed by atoms with Crippen LogP contribution in [0.25, 0.3) is 6.08 Å². The first kappa shape index (κ1) is 21.4. The quantitative estimate of drug-likeness (QED) is 0.425. The highest BCUT2D eigenvalue weighted by molar-refractivity contribution is 6.04. The van der Waals surface area contributed by atoms with E-state index in [4.69, 9.17) is 13.9 Å².